The van der Waals surface area contributed by atoms with E-state index in [1.54, 1.807) is 31.4 Å². The van der Waals surface area contributed by atoms with Gasteiger partial charge in [-0.15, -0.1) is 0 Å². The van der Waals surface area contributed by atoms with Gasteiger partial charge in [-0.05, 0) is 69.9 Å². The van der Waals surface area contributed by atoms with Crippen LogP contribution in [0.25, 0.3) is 16.5 Å². The maximum absolute atomic E-state index is 12.7. The molecule has 6 heteroatoms. The minimum Gasteiger partial charge on any atom is -0.495 e. The van der Waals surface area contributed by atoms with Crippen LogP contribution in [0, 0.1) is 6.92 Å². The number of amides is 1. The van der Waals surface area contributed by atoms with E-state index in [0.717, 1.165) is 58.4 Å². The highest BCUT2D eigenvalue weighted by Crippen LogP contribution is 2.41. The smallest absolute Gasteiger partial charge is 0.248 e. The van der Waals surface area contributed by atoms with E-state index in [-0.39, 0.29) is 5.91 Å². The number of nitrogens with one attached hydrogen (secondary N) is 1. The molecule has 1 aromatic heterocycles. The fraction of sp³-hybridized carbons (Fsp3) is 0.346. The standard InChI is InChI=1S/C26H28ClNO4/c1-5-31-25-16(3)26-20(18-8-6-7-9-22(18)32-26)14-19(25)15(2)12-24(29)28-17-10-11-23(30-4)21(27)13-17/h10-14H,5-9H2,1-4H3,(H,28,29)/b15-12+. The molecule has 32 heavy (non-hydrogen) atoms. The molecule has 1 heterocycles. The number of rotatable bonds is 6. The van der Waals surface area contributed by atoms with E-state index in [0.29, 0.717) is 23.1 Å². The molecule has 0 saturated carbocycles. The van der Waals surface area contributed by atoms with E-state index in [1.807, 2.05) is 20.8 Å². The number of anilines is 1. The number of halogens is 1. The first-order valence-electron chi connectivity index (χ1n) is 11.0. The highest BCUT2D eigenvalue weighted by molar-refractivity contribution is 6.32. The van der Waals surface area contributed by atoms with Gasteiger partial charge >= 0.3 is 0 Å². The van der Waals surface area contributed by atoms with Gasteiger partial charge in [0, 0.05) is 40.3 Å². The van der Waals surface area contributed by atoms with E-state index in [9.17, 15) is 4.79 Å². The molecule has 1 aliphatic carbocycles. The molecule has 5 nitrogen and oxygen atoms in total. The van der Waals surface area contributed by atoms with Crippen molar-refractivity contribution in [2.45, 2.75) is 46.5 Å². The molecule has 0 unspecified atom stereocenters. The zero-order chi connectivity index (χ0) is 22.8. The van der Waals surface area contributed by atoms with Crippen LogP contribution in [0.1, 0.15) is 49.1 Å². The summed E-state index contributed by atoms with van der Waals surface area (Å²) < 4.78 is 17.4. The lowest BCUT2D eigenvalue weighted by Crippen LogP contribution is -2.09. The van der Waals surface area contributed by atoms with E-state index in [2.05, 4.69) is 11.4 Å². The highest BCUT2D eigenvalue weighted by Gasteiger charge is 2.23. The Morgan fingerprint density at radius 2 is 2.03 bits per heavy atom. The number of benzene rings is 2. The maximum atomic E-state index is 12.7. The van der Waals surface area contributed by atoms with Crippen molar-refractivity contribution in [1.82, 2.24) is 0 Å². The molecule has 0 spiro atoms. The molecular weight excluding hydrogens is 426 g/mol. The third kappa shape index (κ3) is 4.22. The molecule has 0 aliphatic heterocycles. The summed E-state index contributed by atoms with van der Waals surface area (Å²) in [7, 11) is 1.55. The number of methoxy groups -OCH3 is 1. The molecule has 0 fully saturated rings. The largest absolute Gasteiger partial charge is 0.495 e. The quantitative estimate of drug-likeness (QED) is 0.420. The first kappa shape index (κ1) is 22.3. The molecule has 1 N–H and O–H groups in total. The van der Waals surface area contributed by atoms with Crippen molar-refractivity contribution in [2.75, 3.05) is 19.0 Å². The minimum atomic E-state index is -0.238. The maximum Gasteiger partial charge on any atom is 0.248 e. The molecule has 0 bridgehead atoms. The second kappa shape index (κ2) is 9.29. The van der Waals surface area contributed by atoms with E-state index < -0.39 is 0 Å². The lowest BCUT2D eigenvalue weighted by Gasteiger charge is -2.15. The number of carbonyl (C=O) groups is 1. The van der Waals surface area contributed by atoms with Gasteiger partial charge in [-0.2, -0.15) is 0 Å². The van der Waals surface area contributed by atoms with Crippen LogP contribution in [-0.2, 0) is 17.6 Å². The summed E-state index contributed by atoms with van der Waals surface area (Å²) in [4.78, 5) is 12.7. The molecule has 4 rings (SSSR count). The van der Waals surface area contributed by atoms with Crippen molar-refractivity contribution in [3.05, 3.63) is 57.8 Å². The van der Waals surface area contributed by atoms with Gasteiger partial charge in [0.15, 0.2) is 0 Å². The zero-order valence-electron chi connectivity index (χ0n) is 18.9. The lowest BCUT2D eigenvalue weighted by molar-refractivity contribution is -0.111. The molecule has 3 aromatic rings. The summed E-state index contributed by atoms with van der Waals surface area (Å²) in [6, 6.07) is 7.26. The monoisotopic (exact) mass is 453 g/mol. The van der Waals surface area contributed by atoms with Gasteiger partial charge in [-0.1, -0.05) is 11.6 Å². The van der Waals surface area contributed by atoms with Crippen LogP contribution in [0.2, 0.25) is 5.02 Å². The Balaban J connectivity index is 1.70. The SMILES string of the molecule is CCOc1c(/C(C)=C/C(=O)Nc2ccc(OC)c(Cl)c2)cc2c3c(oc2c1C)CCCC3. The fourth-order valence-electron chi connectivity index (χ4n) is 4.36. The van der Waals surface area contributed by atoms with Crippen molar-refractivity contribution < 1.29 is 18.7 Å². The summed E-state index contributed by atoms with van der Waals surface area (Å²) >= 11 is 6.17. The Kier molecular flexibility index (Phi) is 6.47. The number of hydrogen-bond donors (Lipinski definition) is 1. The summed E-state index contributed by atoms with van der Waals surface area (Å²) in [5, 5.41) is 4.44. The molecular formula is C26H28ClNO4. The van der Waals surface area contributed by atoms with Crippen LogP contribution in [0.15, 0.2) is 34.8 Å². The Bertz CT molecular complexity index is 1210. The first-order chi connectivity index (χ1) is 15.4. The van der Waals surface area contributed by atoms with Gasteiger partial charge in [-0.25, -0.2) is 0 Å². The summed E-state index contributed by atoms with van der Waals surface area (Å²) in [5.74, 6) is 2.17. The van der Waals surface area contributed by atoms with Crippen molar-refractivity contribution in [1.29, 1.82) is 0 Å². The molecule has 0 radical (unpaired) electrons. The predicted molar refractivity (Wildman–Crippen MR) is 129 cm³/mol. The van der Waals surface area contributed by atoms with Crippen molar-refractivity contribution in [3.63, 3.8) is 0 Å². The number of fused-ring (bicyclic) bond motifs is 3. The van der Waals surface area contributed by atoms with Crippen molar-refractivity contribution >= 4 is 39.7 Å². The van der Waals surface area contributed by atoms with Crippen molar-refractivity contribution in [2.24, 2.45) is 0 Å². The van der Waals surface area contributed by atoms with E-state index in [1.165, 1.54) is 12.0 Å². The van der Waals surface area contributed by atoms with Crippen LogP contribution < -0.4 is 14.8 Å². The Hall–Kier alpha value is -2.92. The predicted octanol–water partition coefficient (Wildman–Crippen LogP) is 6.72. The van der Waals surface area contributed by atoms with E-state index in [4.69, 9.17) is 25.5 Å². The third-order valence-corrected chi connectivity index (χ3v) is 6.20. The van der Waals surface area contributed by atoms with Crippen LogP contribution in [-0.4, -0.2) is 19.6 Å². The number of carbonyl (C=O) groups excluding carboxylic acids is 1. The molecule has 0 atom stereocenters. The van der Waals surface area contributed by atoms with Crippen LogP contribution >= 0.6 is 11.6 Å². The summed E-state index contributed by atoms with van der Waals surface area (Å²) in [6.07, 6.45) is 5.92. The van der Waals surface area contributed by atoms with Gasteiger partial charge in [0.2, 0.25) is 5.91 Å². The number of allylic oxidation sites excluding steroid dienone is 1. The Morgan fingerprint density at radius 1 is 1.25 bits per heavy atom. The van der Waals surface area contributed by atoms with E-state index >= 15 is 0 Å². The number of furan rings is 1. The first-order valence-corrected chi connectivity index (χ1v) is 11.3. The molecule has 1 aliphatic rings. The van der Waals surface area contributed by atoms with Gasteiger partial charge < -0.3 is 19.2 Å². The summed E-state index contributed by atoms with van der Waals surface area (Å²) in [6.45, 7) is 6.44. The number of aryl methyl sites for hydroxylation is 3. The van der Waals surface area contributed by atoms with Gasteiger partial charge in [0.1, 0.15) is 22.8 Å². The second-order valence-electron chi connectivity index (χ2n) is 8.06. The Morgan fingerprint density at radius 3 is 2.75 bits per heavy atom. The Labute approximate surface area is 193 Å². The normalized spacial score (nSPS) is 13.7. The van der Waals surface area contributed by atoms with Gasteiger partial charge in [0.25, 0.3) is 0 Å². The van der Waals surface area contributed by atoms with Crippen LogP contribution in [0.3, 0.4) is 0 Å². The minimum absolute atomic E-state index is 0.238. The number of ether oxygens (including phenoxy) is 2. The topological polar surface area (TPSA) is 60.7 Å². The molecule has 0 saturated heterocycles. The third-order valence-electron chi connectivity index (χ3n) is 5.91. The van der Waals surface area contributed by atoms with Crippen LogP contribution in [0.5, 0.6) is 11.5 Å². The molecule has 2 aromatic carbocycles. The average molecular weight is 454 g/mol. The number of hydrogen-bond acceptors (Lipinski definition) is 4. The second-order valence-corrected chi connectivity index (χ2v) is 8.47. The van der Waals surface area contributed by atoms with Gasteiger partial charge in [0.05, 0.1) is 18.7 Å². The average Bonchev–Trinajstić information content (AvgIpc) is 3.14. The van der Waals surface area contributed by atoms with Gasteiger partial charge in [-0.3, -0.25) is 4.79 Å². The zero-order valence-corrected chi connectivity index (χ0v) is 19.7. The summed E-state index contributed by atoms with van der Waals surface area (Å²) in [5.41, 5.74) is 5.50. The molecule has 168 valence electrons. The highest BCUT2D eigenvalue weighted by atomic mass is 35.5. The lowest BCUT2D eigenvalue weighted by atomic mass is 9.93. The molecule has 1 amide bonds. The van der Waals surface area contributed by atoms with Crippen molar-refractivity contribution in [3.8, 4) is 11.5 Å². The van der Waals surface area contributed by atoms with Crippen LogP contribution in [0.4, 0.5) is 5.69 Å². The fourth-order valence-corrected chi connectivity index (χ4v) is 4.61.